The highest BCUT2D eigenvalue weighted by atomic mass is 16.6. The van der Waals surface area contributed by atoms with Gasteiger partial charge in [0.15, 0.2) is 0 Å². The van der Waals surface area contributed by atoms with E-state index < -0.39 is 4.92 Å². The first-order chi connectivity index (χ1) is 9.60. The molecule has 0 saturated heterocycles. The molecule has 20 heavy (non-hydrogen) atoms. The van der Waals surface area contributed by atoms with Crippen LogP contribution >= 0.6 is 0 Å². The number of benzene rings is 1. The standard InChI is InChI=1S/C15H16N2O3/c1-3-11-16(12-4-2)15(18)10-9-13-7-5-6-8-14(13)17(19)20/h3-10H,1-2,11-12H2. The van der Waals surface area contributed by atoms with Gasteiger partial charge in [-0.15, -0.1) is 13.2 Å². The highest BCUT2D eigenvalue weighted by Gasteiger charge is 2.11. The summed E-state index contributed by atoms with van der Waals surface area (Å²) in [5, 5.41) is 10.9. The summed E-state index contributed by atoms with van der Waals surface area (Å²) in [5.41, 5.74) is 0.360. The van der Waals surface area contributed by atoms with Gasteiger partial charge in [0.05, 0.1) is 10.5 Å². The lowest BCUT2D eigenvalue weighted by atomic mass is 10.1. The van der Waals surface area contributed by atoms with Crippen molar-refractivity contribution in [2.75, 3.05) is 13.1 Å². The van der Waals surface area contributed by atoms with Crippen LogP contribution < -0.4 is 0 Å². The minimum Gasteiger partial charge on any atom is -0.332 e. The van der Waals surface area contributed by atoms with Gasteiger partial charge in [0.2, 0.25) is 5.91 Å². The molecule has 0 aliphatic carbocycles. The van der Waals surface area contributed by atoms with Crippen LogP contribution in [0, 0.1) is 10.1 Å². The van der Waals surface area contributed by atoms with Crippen LogP contribution in [-0.2, 0) is 4.79 Å². The first kappa shape index (κ1) is 15.4. The molecule has 0 aliphatic heterocycles. The van der Waals surface area contributed by atoms with Gasteiger partial charge in [0, 0.05) is 25.2 Å². The van der Waals surface area contributed by atoms with Crippen molar-refractivity contribution in [2.24, 2.45) is 0 Å². The van der Waals surface area contributed by atoms with E-state index in [9.17, 15) is 14.9 Å². The van der Waals surface area contributed by atoms with E-state index in [-0.39, 0.29) is 11.6 Å². The summed E-state index contributed by atoms with van der Waals surface area (Å²) >= 11 is 0. The van der Waals surface area contributed by atoms with E-state index in [0.29, 0.717) is 18.7 Å². The number of para-hydroxylation sites is 1. The number of rotatable bonds is 7. The lowest BCUT2D eigenvalue weighted by Crippen LogP contribution is -2.29. The minimum absolute atomic E-state index is 0.0319. The maximum Gasteiger partial charge on any atom is 0.276 e. The normalized spacial score (nSPS) is 10.2. The average molecular weight is 272 g/mol. The van der Waals surface area contributed by atoms with Gasteiger partial charge in [-0.1, -0.05) is 24.3 Å². The molecular formula is C15H16N2O3. The maximum atomic E-state index is 12.0. The van der Waals surface area contributed by atoms with E-state index in [2.05, 4.69) is 13.2 Å². The second-order valence-electron chi connectivity index (χ2n) is 3.97. The molecule has 0 aromatic heterocycles. The van der Waals surface area contributed by atoms with Crippen LogP contribution in [0.4, 0.5) is 5.69 Å². The fourth-order valence-corrected chi connectivity index (χ4v) is 1.63. The Morgan fingerprint density at radius 1 is 1.25 bits per heavy atom. The Balaban J connectivity index is 2.91. The van der Waals surface area contributed by atoms with Crippen LogP contribution in [0.25, 0.3) is 6.08 Å². The molecule has 5 heteroatoms. The Morgan fingerprint density at radius 3 is 2.40 bits per heavy atom. The summed E-state index contributed by atoms with van der Waals surface area (Å²) in [7, 11) is 0. The van der Waals surface area contributed by atoms with Crippen LogP contribution in [-0.4, -0.2) is 28.8 Å². The summed E-state index contributed by atoms with van der Waals surface area (Å²) in [6, 6.07) is 6.25. The molecule has 0 bridgehead atoms. The molecule has 0 spiro atoms. The van der Waals surface area contributed by atoms with E-state index in [1.807, 2.05) is 0 Å². The van der Waals surface area contributed by atoms with Crippen molar-refractivity contribution in [2.45, 2.75) is 0 Å². The van der Waals surface area contributed by atoms with Crippen molar-refractivity contribution in [3.8, 4) is 0 Å². The van der Waals surface area contributed by atoms with Gasteiger partial charge in [-0.2, -0.15) is 0 Å². The zero-order valence-corrected chi connectivity index (χ0v) is 11.1. The summed E-state index contributed by atoms with van der Waals surface area (Å²) in [6.45, 7) is 7.95. The monoisotopic (exact) mass is 272 g/mol. The van der Waals surface area contributed by atoms with Crippen LogP contribution in [0.5, 0.6) is 0 Å². The van der Waals surface area contributed by atoms with Crippen molar-refractivity contribution >= 4 is 17.7 Å². The number of nitro benzene ring substituents is 1. The molecule has 0 heterocycles. The van der Waals surface area contributed by atoms with Crippen LogP contribution in [0.2, 0.25) is 0 Å². The van der Waals surface area contributed by atoms with E-state index in [1.165, 1.54) is 23.1 Å². The van der Waals surface area contributed by atoms with Gasteiger partial charge in [-0.3, -0.25) is 14.9 Å². The molecule has 104 valence electrons. The topological polar surface area (TPSA) is 63.5 Å². The van der Waals surface area contributed by atoms with Gasteiger partial charge in [-0.25, -0.2) is 0 Å². The van der Waals surface area contributed by atoms with Crippen LogP contribution in [0.3, 0.4) is 0 Å². The molecule has 0 atom stereocenters. The van der Waals surface area contributed by atoms with Gasteiger partial charge >= 0.3 is 0 Å². The molecule has 0 radical (unpaired) electrons. The van der Waals surface area contributed by atoms with E-state index in [0.717, 1.165) is 0 Å². The van der Waals surface area contributed by atoms with Gasteiger partial charge in [-0.05, 0) is 12.1 Å². The summed E-state index contributed by atoms with van der Waals surface area (Å²) < 4.78 is 0. The number of carbonyl (C=O) groups is 1. The fourth-order valence-electron chi connectivity index (χ4n) is 1.63. The Morgan fingerprint density at radius 2 is 1.85 bits per heavy atom. The summed E-state index contributed by atoms with van der Waals surface area (Å²) in [4.78, 5) is 23.8. The number of hydrogen-bond acceptors (Lipinski definition) is 3. The molecule has 5 nitrogen and oxygen atoms in total. The molecule has 1 aromatic rings. The minimum atomic E-state index is -0.477. The quantitative estimate of drug-likeness (QED) is 0.332. The predicted octanol–water partition coefficient (Wildman–Crippen LogP) is 2.81. The second-order valence-corrected chi connectivity index (χ2v) is 3.97. The Kier molecular flexibility index (Phi) is 5.90. The average Bonchev–Trinajstić information content (AvgIpc) is 2.44. The van der Waals surface area contributed by atoms with Crippen LogP contribution in [0.15, 0.2) is 55.7 Å². The molecule has 1 aromatic carbocycles. The highest BCUT2D eigenvalue weighted by Crippen LogP contribution is 2.18. The SMILES string of the molecule is C=CCN(CC=C)C(=O)C=Cc1ccccc1[N+](=O)[O-]. The van der Waals surface area contributed by atoms with E-state index in [4.69, 9.17) is 0 Å². The Bertz CT molecular complexity index is 540. The highest BCUT2D eigenvalue weighted by molar-refractivity contribution is 5.92. The first-order valence-corrected chi connectivity index (χ1v) is 6.02. The lowest BCUT2D eigenvalue weighted by Gasteiger charge is -2.16. The Hall–Kier alpha value is -2.69. The van der Waals surface area contributed by atoms with Gasteiger partial charge in [0.1, 0.15) is 0 Å². The molecule has 0 N–H and O–H groups in total. The fraction of sp³-hybridized carbons (Fsp3) is 0.133. The van der Waals surface area contributed by atoms with Gasteiger partial charge in [0.25, 0.3) is 5.69 Å². The maximum absolute atomic E-state index is 12.0. The molecule has 0 saturated carbocycles. The number of amides is 1. The number of nitrogens with zero attached hydrogens (tertiary/aromatic N) is 2. The number of carbonyl (C=O) groups excluding carboxylic acids is 1. The molecule has 0 aliphatic rings. The lowest BCUT2D eigenvalue weighted by molar-refractivity contribution is -0.385. The largest absolute Gasteiger partial charge is 0.332 e. The Labute approximate surface area is 117 Å². The van der Waals surface area contributed by atoms with Gasteiger partial charge < -0.3 is 4.90 Å². The van der Waals surface area contributed by atoms with E-state index >= 15 is 0 Å². The van der Waals surface area contributed by atoms with Crippen molar-refractivity contribution in [1.29, 1.82) is 0 Å². The molecular weight excluding hydrogens is 256 g/mol. The molecule has 1 amide bonds. The molecule has 0 unspecified atom stereocenters. The number of nitro groups is 1. The molecule has 0 fully saturated rings. The van der Waals surface area contributed by atoms with Crippen molar-refractivity contribution < 1.29 is 9.72 Å². The summed E-state index contributed by atoms with van der Waals surface area (Å²) in [6.07, 6.45) is 5.98. The smallest absolute Gasteiger partial charge is 0.276 e. The predicted molar refractivity (Wildman–Crippen MR) is 79.1 cm³/mol. The van der Waals surface area contributed by atoms with Crippen molar-refractivity contribution in [3.05, 3.63) is 71.3 Å². The van der Waals surface area contributed by atoms with Crippen LogP contribution in [0.1, 0.15) is 5.56 Å². The van der Waals surface area contributed by atoms with Crippen molar-refractivity contribution in [3.63, 3.8) is 0 Å². The zero-order chi connectivity index (χ0) is 15.0. The molecule has 1 rings (SSSR count). The second kappa shape index (κ2) is 7.68. The third-order valence-corrected chi connectivity index (χ3v) is 2.55. The van der Waals surface area contributed by atoms with Crippen molar-refractivity contribution in [1.82, 2.24) is 4.90 Å². The third-order valence-electron chi connectivity index (χ3n) is 2.55. The first-order valence-electron chi connectivity index (χ1n) is 6.02. The zero-order valence-electron chi connectivity index (χ0n) is 11.1. The van der Waals surface area contributed by atoms with E-state index in [1.54, 1.807) is 30.4 Å². The summed E-state index contributed by atoms with van der Waals surface area (Å²) in [5.74, 6) is -0.247. The number of hydrogen-bond donors (Lipinski definition) is 0. The third kappa shape index (κ3) is 4.20.